The monoisotopic (exact) mass is 345 g/mol. The van der Waals surface area contributed by atoms with Crippen molar-refractivity contribution in [2.24, 2.45) is 0 Å². The summed E-state index contributed by atoms with van der Waals surface area (Å²) in [4.78, 5) is 20.7. The molecule has 2 aromatic rings. The largest absolute Gasteiger partial charge is 0.383 e. The number of hydrogen-bond donors (Lipinski definition) is 0. The van der Waals surface area contributed by atoms with Crippen LogP contribution in [0.5, 0.6) is 0 Å². The van der Waals surface area contributed by atoms with E-state index in [1.165, 1.54) is 12.1 Å². The fraction of sp³-hybridized carbons (Fsp3) is 0.368. The predicted molar refractivity (Wildman–Crippen MR) is 94.4 cm³/mol. The summed E-state index contributed by atoms with van der Waals surface area (Å²) in [7, 11) is 5.23. The molecule has 0 bridgehead atoms. The van der Waals surface area contributed by atoms with Crippen molar-refractivity contribution in [3.05, 3.63) is 65.7 Å². The van der Waals surface area contributed by atoms with Crippen LogP contribution in [-0.2, 0) is 16.1 Å². The van der Waals surface area contributed by atoms with Crippen LogP contribution in [0.3, 0.4) is 0 Å². The molecule has 1 aromatic carbocycles. The summed E-state index contributed by atoms with van der Waals surface area (Å²) in [5.41, 5.74) is 1.61. The van der Waals surface area contributed by atoms with Crippen LogP contribution < -0.4 is 0 Å². The quantitative estimate of drug-likeness (QED) is 0.737. The van der Waals surface area contributed by atoms with Crippen LogP contribution in [0.25, 0.3) is 0 Å². The molecule has 0 aliphatic carbocycles. The molecule has 0 aliphatic rings. The van der Waals surface area contributed by atoms with E-state index in [4.69, 9.17) is 4.74 Å². The number of carbonyl (C=O) groups is 1. The molecule has 6 heteroatoms. The van der Waals surface area contributed by atoms with E-state index >= 15 is 0 Å². The number of aromatic nitrogens is 1. The van der Waals surface area contributed by atoms with Crippen molar-refractivity contribution >= 4 is 5.91 Å². The highest BCUT2D eigenvalue weighted by Gasteiger charge is 2.28. The molecule has 0 saturated heterocycles. The normalized spacial score (nSPS) is 12.2. The van der Waals surface area contributed by atoms with Crippen LogP contribution in [0.15, 0.2) is 48.8 Å². The van der Waals surface area contributed by atoms with E-state index in [9.17, 15) is 9.18 Å². The highest BCUT2D eigenvalue weighted by molar-refractivity contribution is 5.83. The van der Waals surface area contributed by atoms with Crippen molar-refractivity contribution in [1.82, 2.24) is 14.8 Å². The lowest BCUT2D eigenvalue weighted by atomic mass is 10.0. The van der Waals surface area contributed by atoms with Crippen LogP contribution in [0.1, 0.15) is 17.2 Å². The Labute approximate surface area is 148 Å². The number of rotatable bonds is 8. The lowest BCUT2D eigenvalue weighted by Gasteiger charge is -2.31. The predicted octanol–water partition coefficient (Wildman–Crippen LogP) is 2.50. The van der Waals surface area contributed by atoms with Gasteiger partial charge >= 0.3 is 0 Å². The van der Waals surface area contributed by atoms with Crippen molar-refractivity contribution in [2.45, 2.75) is 12.6 Å². The van der Waals surface area contributed by atoms with Gasteiger partial charge in [0.05, 0.1) is 6.61 Å². The Morgan fingerprint density at radius 2 is 1.96 bits per heavy atom. The SMILES string of the molecule is COCCN(Cc1ccncc1)C(=O)[C@H](c1cccc(F)c1)N(C)C. The number of pyridine rings is 1. The third-order valence-corrected chi connectivity index (χ3v) is 3.91. The Kier molecular flexibility index (Phi) is 7.03. The molecule has 0 unspecified atom stereocenters. The molecule has 0 spiro atoms. The Balaban J connectivity index is 2.27. The van der Waals surface area contributed by atoms with E-state index in [1.54, 1.807) is 41.4 Å². The van der Waals surface area contributed by atoms with Gasteiger partial charge in [0.25, 0.3) is 0 Å². The Bertz CT molecular complexity index is 679. The minimum absolute atomic E-state index is 0.0931. The van der Waals surface area contributed by atoms with E-state index in [0.29, 0.717) is 25.3 Å². The van der Waals surface area contributed by atoms with Gasteiger partial charge in [0.1, 0.15) is 11.9 Å². The van der Waals surface area contributed by atoms with Crippen molar-refractivity contribution in [1.29, 1.82) is 0 Å². The number of amides is 1. The smallest absolute Gasteiger partial charge is 0.244 e. The van der Waals surface area contributed by atoms with E-state index in [1.807, 2.05) is 26.2 Å². The summed E-state index contributed by atoms with van der Waals surface area (Å²) in [5.74, 6) is -0.445. The van der Waals surface area contributed by atoms with Gasteiger partial charge in [0.15, 0.2) is 0 Å². The molecular weight excluding hydrogens is 321 g/mol. The van der Waals surface area contributed by atoms with Gasteiger partial charge in [0, 0.05) is 32.6 Å². The van der Waals surface area contributed by atoms with E-state index in [2.05, 4.69) is 4.98 Å². The van der Waals surface area contributed by atoms with Crippen molar-refractivity contribution in [2.75, 3.05) is 34.4 Å². The fourth-order valence-corrected chi connectivity index (χ4v) is 2.69. The molecule has 25 heavy (non-hydrogen) atoms. The topological polar surface area (TPSA) is 45.7 Å². The van der Waals surface area contributed by atoms with Crippen LogP contribution in [0.2, 0.25) is 0 Å². The third-order valence-electron chi connectivity index (χ3n) is 3.91. The van der Waals surface area contributed by atoms with Crippen LogP contribution >= 0.6 is 0 Å². The van der Waals surface area contributed by atoms with E-state index < -0.39 is 6.04 Å². The second-order valence-corrected chi connectivity index (χ2v) is 6.03. The highest BCUT2D eigenvalue weighted by atomic mass is 19.1. The molecule has 0 fully saturated rings. The molecule has 1 amide bonds. The molecule has 5 nitrogen and oxygen atoms in total. The number of benzene rings is 1. The van der Waals surface area contributed by atoms with Gasteiger partial charge in [-0.25, -0.2) is 4.39 Å². The van der Waals surface area contributed by atoms with Gasteiger partial charge in [-0.15, -0.1) is 0 Å². The number of halogens is 1. The number of carbonyl (C=O) groups excluding carboxylic acids is 1. The van der Waals surface area contributed by atoms with Gasteiger partial charge in [-0.2, -0.15) is 0 Å². The average Bonchev–Trinajstić information content (AvgIpc) is 2.59. The zero-order chi connectivity index (χ0) is 18.2. The average molecular weight is 345 g/mol. The molecule has 0 N–H and O–H groups in total. The minimum atomic E-state index is -0.561. The first kappa shape index (κ1) is 19.0. The molecular formula is C19H24FN3O2. The number of nitrogens with zero attached hydrogens (tertiary/aromatic N) is 3. The second-order valence-electron chi connectivity index (χ2n) is 6.03. The van der Waals surface area contributed by atoms with Gasteiger partial charge in [-0.3, -0.25) is 14.7 Å². The lowest BCUT2D eigenvalue weighted by Crippen LogP contribution is -2.41. The summed E-state index contributed by atoms with van der Waals surface area (Å²) < 4.78 is 18.8. The lowest BCUT2D eigenvalue weighted by molar-refractivity contribution is -0.137. The molecule has 1 aromatic heterocycles. The molecule has 2 rings (SSSR count). The standard InChI is InChI=1S/C19H24FN3O2/c1-22(2)18(16-5-4-6-17(20)13-16)19(24)23(11-12-25-3)14-15-7-9-21-10-8-15/h4-10,13,18H,11-12,14H2,1-3H3/t18-/m0/s1. The zero-order valence-corrected chi connectivity index (χ0v) is 14.9. The van der Waals surface area contributed by atoms with Crippen LogP contribution in [0.4, 0.5) is 4.39 Å². The van der Waals surface area contributed by atoms with Crippen LogP contribution in [-0.4, -0.2) is 55.0 Å². The Morgan fingerprint density at radius 3 is 2.56 bits per heavy atom. The summed E-state index contributed by atoms with van der Waals surface area (Å²) in [6, 6.07) is 9.36. The van der Waals surface area contributed by atoms with E-state index in [0.717, 1.165) is 5.56 Å². The molecule has 1 heterocycles. The van der Waals surface area contributed by atoms with Crippen molar-refractivity contribution in [3.8, 4) is 0 Å². The fourth-order valence-electron chi connectivity index (χ4n) is 2.69. The first-order valence-corrected chi connectivity index (χ1v) is 8.11. The van der Waals surface area contributed by atoms with E-state index in [-0.39, 0.29) is 11.7 Å². The number of likely N-dealkylation sites (N-methyl/N-ethyl adjacent to an activating group) is 1. The number of ether oxygens (including phenoxy) is 1. The summed E-state index contributed by atoms with van der Waals surface area (Å²) >= 11 is 0. The van der Waals surface area contributed by atoms with Gasteiger partial charge in [-0.1, -0.05) is 12.1 Å². The Morgan fingerprint density at radius 1 is 1.24 bits per heavy atom. The first-order chi connectivity index (χ1) is 12.0. The highest BCUT2D eigenvalue weighted by Crippen LogP contribution is 2.22. The summed E-state index contributed by atoms with van der Waals surface area (Å²) in [6.07, 6.45) is 3.40. The molecule has 1 atom stereocenters. The van der Waals surface area contributed by atoms with Gasteiger partial charge in [-0.05, 0) is 49.5 Å². The van der Waals surface area contributed by atoms with Gasteiger partial charge in [0.2, 0.25) is 5.91 Å². The first-order valence-electron chi connectivity index (χ1n) is 8.11. The second kappa shape index (κ2) is 9.25. The number of methoxy groups -OCH3 is 1. The van der Waals surface area contributed by atoms with Crippen LogP contribution in [0, 0.1) is 5.82 Å². The maximum atomic E-state index is 13.6. The third kappa shape index (κ3) is 5.34. The molecule has 0 saturated carbocycles. The van der Waals surface area contributed by atoms with Gasteiger partial charge < -0.3 is 9.64 Å². The molecule has 134 valence electrons. The maximum Gasteiger partial charge on any atom is 0.244 e. The number of hydrogen-bond acceptors (Lipinski definition) is 4. The molecule has 0 radical (unpaired) electrons. The van der Waals surface area contributed by atoms with Crippen molar-refractivity contribution in [3.63, 3.8) is 0 Å². The molecule has 0 aliphatic heterocycles. The Hall–Kier alpha value is -2.31. The maximum absolute atomic E-state index is 13.6. The summed E-state index contributed by atoms with van der Waals surface area (Å²) in [5, 5.41) is 0. The zero-order valence-electron chi connectivity index (χ0n) is 14.9. The summed E-state index contributed by atoms with van der Waals surface area (Å²) in [6.45, 7) is 1.34. The van der Waals surface area contributed by atoms with Crippen molar-refractivity contribution < 1.29 is 13.9 Å². The minimum Gasteiger partial charge on any atom is -0.383 e.